The fraction of sp³-hybridized carbons (Fsp3) is 0.636. The Morgan fingerprint density at radius 2 is 2.60 bits per heavy atom. The molecule has 2 nitrogen and oxygen atoms in total. The number of rotatable bonds is 4. The Kier molecular flexibility index (Phi) is 4.50. The summed E-state index contributed by atoms with van der Waals surface area (Å²) in [5.41, 5.74) is 1.42. The molecule has 2 atom stereocenters. The van der Waals surface area contributed by atoms with E-state index >= 15 is 0 Å². The summed E-state index contributed by atoms with van der Waals surface area (Å²) in [6, 6.07) is 2.65. The van der Waals surface area contributed by atoms with Crippen molar-refractivity contribution in [1.29, 1.82) is 0 Å². The normalized spacial score (nSPS) is 23.9. The van der Waals surface area contributed by atoms with E-state index in [4.69, 9.17) is 4.74 Å². The molecule has 1 aliphatic rings. The number of nitrogens with one attached hydrogen (secondary N) is 1. The Bertz CT molecular complexity index is 270. The lowest BCUT2D eigenvalue weighted by molar-refractivity contribution is 0.0492. The zero-order valence-electron chi connectivity index (χ0n) is 8.94. The molecular weight excluding hydrogens is 226 g/mol. The highest BCUT2D eigenvalue weighted by molar-refractivity contribution is 7.99. The Hall–Kier alpha value is -0.0300. The van der Waals surface area contributed by atoms with Crippen LogP contribution in [0.5, 0.6) is 0 Å². The summed E-state index contributed by atoms with van der Waals surface area (Å²) < 4.78 is 5.80. The molecule has 2 rings (SSSR count). The maximum Gasteiger partial charge on any atom is 0.0821 e. The van der Waals surface area contributed by atoms with Crippen LogP contribution in [0.15, 0.2) is 16.8 Å². The first-order valence-corrected chi connectivity index (χ1v) is 7.37. The molecule has 2 unspecified atom stereocenters. The van der Waals surface area contributed by atoms with Crippen LogP contribution in [-0.4, -0.2) is 37.3 Å². The minimum absolute atomic E-state index is 0.369. The largest absolute Gasteiger partial charge is 0.375 e. The lowest BCUT2D eigenvalue weighted by Gasteiger charge is -2.29. The van der Waals surface area contributed by atoms with Crippen molar-refractivity contribution in [2.75, 3.05) is 25.2 Å². The molecule has 0 radical (unpaired) electrons. The zero-order chi connectivity index (χ0) is 10.5. The second-order valence-corrected chi connectivity index (χ2v) is 5.64. The highest BCUT2D eigenvalue weighted by Crippen LogP contribution is 2.18. The molecule has 1 aromatic rings. The molecule has 1 fully saturated rings. The standard InChI is InChI=1S/C11H17NOS2/c1-12-10(6-9-2-4-14-7-9)11-8-15-5-3-13-11/h2,4,7,10-12H,3,5-6,8H2,1H3. The molecule has 1 aromatic heterocycles. The molecule has 1 aliphatic heterocycles. The lowest BCUT2D eigenvalue weighted by Crippen LogP contribution is -2.44. The molecule has 1 saturated heterocycles. The predicted molar refractivity (Wildman–Crippen MR) is 67.9 cm³/mol. The molecule has 0 spiro atoms. The summed E-state index contributed by atoms with van der Waals surface area (Å²) in [5.74, 6) is 2.26. The van der Waals surface area contributed by atoms with E-state index < -0.39 is 0 Å². The molecular formula is C11H17NOS2. The van der Waals surface area contributed by atoms with E-state index in [0.29, 0.717) is 12.1 Å². The average Bonchev–Trinajstić information content (AvgIpc) is 2.80. The molecule has 2 heterocycles. The minimum Gasteiger partial charge on any atom is -0.375 e. The summed E-state index contributed by atoms with van der Waals surface area (Å²) in [6.07, 6.45) is 1.44. The third-order valence-electron chi connectivity index (χ3n) is 2.70. The number of thiophene rings is 1. The van der Waals surface area contributed by atoms with Crippen molar-refractivity contribution >= 4 is 23.1 Å². The Morgan fingerprint density at radius 1 is 1.67 bits per heavy atom. The summed E-state index contributed by atoms with van der Waals surface area (Å²) in [4.78, 5) is 0. The van der Waals surface area contributed by atoms with E-state index in [1.54, 1.807) is 11.3 Å². The van der Waals surface area contributed by atoms with Gasteiger partial charge in [0.2, 0.25) is 0 Å². The van der Waals surface area contributed by atoms with Gasteiger partial charge in [-0.25, -0.2) is 0 Å². The Labute approximate surface area is 99.4 Å². The van der Waals surface area contributed by atoms with Gasteiger partial charge in [-0.1, -0.05) is 0 Å². The molecule has 0 aromatic carbocycles. The molecule has 84 valence electrons. The van der Waals surface area contributed by atoms with Gasteiger partial charge in [0.05, 0.1) is 12.7 Å². The topological polar surface area (TPSA) is 21.3 Å². The van der Waals surface area contributed by atoms with E-state index in [1.165, 1.54) is 5.56 Å². The van der Waals surface area contributed by atoms with Crippen LogP contribution in [0, 0.1) is 0 Å². The highest BCUT2D eigenvalue weighted by atomic mass is 32.2. The SMILES string of the molecule is CNC(Cc1ccsc1)C1CSCCO1. The van der Waals surface area contributed by atoms with E-state index in [0.717, 1.165) is 24.5 Å². The number of thioether (sulfide) groups is 1. The van der Waals surface area contributed by atoms with Gasteiger partial charge in [-0.05, 0) is 35.9 Å². The molecule has 15 heavy (non-hydrogen) atoms. The van der Waals surface area contributed by atoms with Gasteiger partial charge in [0.15, 0.2) is 0 Å². The molecule has 0 saturated carbocycles. The average molecular weight is 243 g/mol. The second-order valence-electron chi connectivity index (χ2n) is 3.72. The summed E-state index contributed by atoms with van der Waals surface area (Å²) >= 11 is 3.76. The summed E-state index contributed by atoms with van der Waals surface area (Å²) in [5, 5.41) is 7.74. The highest BCUT2D eigenvalue weighted by Gasteiger charge is 2.23. The monoisotopic (exact) mass is 243 g/mol. The van der Waals surface area contributed by atoms with Crippen LogP contribution in [0.1, 0.15) is 5.56 Å². The molecule has 0 aliphatic carbocycles. The maximum absolute atomic E-state index is 5.80. The third-order valence-corrected chi connectivity index (χ3v) is 4.45. The van der Waals surface area contributed by atoms with Crippen LogP contribution in [-0.2, 0) is 11.2 Å². The molecule has 4 heteroatoms. The van der Waals surface area contributed by atoms with Crippen molar-refractivity contribution in [3.8, 4) is 0 Å². The maximum atomic E-state index is 5.80. The molecule has 1 N–H and O–H groups in total. The van der Waals surface area contributed by atoms with Gasteiger partial charge in [-0.2, -0.15) is 23.1 Å². The minimum atomic E-state index is 0.369. The van der Waals surface area contributed by atoms with Gasteiger partial charge in [0.25, 0.3) is 0 Å². The predicted octanol–water partition coefficient (Wildman–Crippen LogP) is 2.01. The number of ether oxygens (including phenoxy) is 1. The molecule has 0 amide bonds. The zero-order valence-corrected chi connectivity index (χ0v) is 10.6. The summed E-state index contributed by atoms with van der Waals surface area (Å²) in [7, 11) is 2.03. The smallest absolute Gasteiger partial charge is 0.0821 e. The Morgan fingerprint density at radius 3 is 3.20 bits per heavy atom. The van der Waals surface area contributed by atoms with Crippen molar-refractivity contribution < 1.29 is 4.74 Å². The Balaban J connectivity index is 1.91. The van der Waals surface area contributed by atoms with Gasteiger partial charge in [-0.15, -0.1) is 0 Å². The van der Waals surface area contributed by atoms with Crippen LogP contribution >= 0.6 is 23.1 Å². The van der Waals surface area contributed by atoms with Crippen molar-refractivity contribution in [2.45, 2.75) is 18.6 Å². The molecule has 0 bridgehead atoms. The van der Waals surface area contributed by atoms with Crippen LogP contribution in [0.3, 0.4) is 0 Å². The van der Waals surface area contributed by atoms with Crippen molar-refractivity contribution in [1.82, 2.24) is 5.32 Å². The lowest BCUT2D eigenvalue weighted by atomic mass is 10.0. The van der Waals surface area contributed by atoms with Crippen LogP contribution in [0.25, 0.3) is 0 Å². The van der Waals surface area contributed by atoms with Crippen LogP contribution < -0.4 is 5.32 Å². The quantitative estimate of drug-likeness (QED) is 0.874. The number of hydrogen-bond donors (Lipinski definition) is 1. The van der Waals surface area contributed by atoms with E-state index in [2.05, 4.69) is 22.1 Å². The van der Waals surface area contributed by atoms with Crippen molar-refractivity contribution in [3.63, 3.8) is 0 Å². The third kappa shape index (κ3) is 3.21. The first-order chi connectivity index (χ1) is 7.40. The van der Waals surface area contributed by atoms with Crippen LogP contribution in [0.4, 0.5) is 0 Å². The second kappa shape index (κ2) is 5.89. The number of hydrogen-bond acceptors (Lipinski definition) is 4. The fourth-order valence-corrected chi connectivity index (χ4v) is 3.44. The fourth-order valence-electron chi connectivity index (χ4n) is 1.82. The first kappa shape index (κ1) is 11.5. The van der Waals surface area contributed by atoms with Gasteiger partial charge in [0, 0.05) is 17.5 Å². The number of likely N-dealkylation sites (N-methyl/N-ethyl adjacent to an activating group) is 1. The van der Waals surface area contributed by atoms with Crippen LogP contribution in [0.2, 0.25) is 0 Å². The van der Waals surface area contributed by atoms with Gasteiger partial charge in [-0.3, -0.25) is 0 Å². The van der Waals surface area contributed by atoms with E-state index in [-0.39, 0.29) is 0 Å². The summed E-state index contributed by atoms with van der Waals surface area (Å²) in [6.45, 7) is 0.900. The van der Waals surface area contributed by atoms with Crippen molar-refractivity contribution in [3.05, 3.63) is 22.4 Å². The first-order valence-electron chi connectivity index (χ1n) is 5.28. The van der Waals surface area contributed by atoms with E-state index in [1.807, 2.05) is 18.8 Å². The van der Waals surface area contributed by atoms with Crippen molar-refractivity contribution in [2.24, 2.45) is 0 Å². The van der Waals surface area contributed by atoms with E-state index in [9.17, 15) is 0 Å². The van der Waals surface area contributed by atoms with Gasteiger partial charge < -0.3 is 10.1 Å². The van der Waals surface area contributed by atoms with Gasteiger partial charge in [0.1, 0.15) is 0 Å². The van der Waals surface area contributed by atoms with Gasteiger partial charge >= 0.3 is 0 Å².